The Morgan fingerprint density at radius 2 is 0.629 bits per heavy atom. The molecule has 15 aromatic rings. The molecule has 105 heavy (non-hydrogen) atoms. The number of carbonyl (C=O) groups is 4. The Morgan fingerprint density at radius 3 is 1.07 bits per heavy atom. The quantitative estimate of drug-likeness (QED) is 0.0637. The topological polar surface area (TPSA) is 112 Å². The van der Waals surface area contributed by atoms with Crippen LogP contribution in [0.2, 0.25) is 0 Å². The first-order valence-corrected chi connectivity index (χ1v) is 35.9. The molecule has 1 unspecified atom stereocenters. The van der Waals surface area contributed by atoms with Crippen LogP contribution in [0.1, 0.15) is 141 Å². The highest BCUT2D eigenvalue weighted by atomic mass is 16.5. The molecule has 508 valence electrons. The van der Waals surface area contributed by atoms with Gasteiger partial charge in [-0.3, -0.25) is 19.2 Å². The summed E-state index contributed by atoms with van der Waals surface area (Å²) in [4.78, 5) is 70.7. The molecular formula is C95H70N2O8. The minimum atomic E-state index is -0.567. The van der Waals surface area contributed by atoms with Gasteiger partial charge in [-0.1, -0.05) is 273 Å². The highest BCUT2D eigenvalue weighted by Crippen LogP contribution is 2.60. The first-order chi connectivity index (χ1) is 51.2. The lowest BCUT2D eigenvalue weighted by atomic mass is 9.80. The fraction of sp³-hybridized carbons (Fsp3) is 0.116. The minimum Gasteiger partial charge on any atom is -0.456 e. The van der Waals surface area contributed by atoms with E-state index in [-0.39, 0.29) is 68.9 Å². The largest absolute Gasteiger partial charge is 0.456 e. The van der Waals surface area contributed by atoms with Crippen LogP contribution in [-0.4, -0.2) is 23.6 Å². The number of amides is 4. The smallest absolute Gasteiger partial charge is 0.266 e. The van der Waals surface area contributed by atoms with Gasteiger partial charge in [-0.25, -0.2) is 9.80 Å². The Morgan fingerprint density at radius 1 is 0.286 bits per heavy atom. The van der Waals surface area contributed by atoms with Crippen molar-refractivity contribution < 1.29 is 38.1 Å². The fourth-order valence-electron chi connectivity index (χ4n) is 16.3. The molecule has 0 fully saturated rings. The van der Waals surface area contributed by atoms with Gasteiger partial charge in [0.05, 0.1) is 33.6 Å². The number of fused-ring (bicyclic) bond motifs is 4. The Hall–Kier alpha value is -12.9. The van der Waals surface area contributed by atoms with Crippen LogP contribution in [0.4, 0.5) is 11.4 Å². The minimum absolute atomic E-state index is 0.113. The number of para-hydroxylation sites is 6. The first-order valence-electron chi connectivity index (χ1n) is 35.9. The van der Waals surface area contributed by atoms with E-state index in [4.69, 9.17) is 18.9 Å². The van der Waals surface area contributed by atoms with E-state index in [1.807, 2.05) is 224 Å². The van der Waals surface area contributed by atoms with Gasteiger partial charge in [-0.2, -0.15) is 0 Å². The summed E-state index contributed by atoms with van der Waals surface area (Å²) in [5.41, 5.74) is 12.5. The third-order valence-electron chi connectivity index (χ3n) is 21.3. The summed E-state index contributed by atoms with van der Waals surface area (Å²) >= 11 is 0. The van der Waals surface area contributed by atoms with Crippen LogP contribution in [0.15, 0.2) is 273 Å². The van der Waals surface area contributed by atoms with Crippen molar-refractivity contribution >= 4 is 78.1 Å². The maximum atomic E-state index is 17.1. The van der Waals surface area contributed by atoms with Gasteiger partial charge in [0, 0.05) is 71.3 Å². The average Bonchev–Trinajstić information content (AvgIpc) is 0.733. The predicted octanol–water partition coefficient (Wildman–Crippen LogP) is 25.0. The molecule has 4 amide bonds. The van der Waals surface area contributed by atoms with Gasteiger partial charge in [-0.15, -0.1) is 0 Å². The number of imide groups is 2. The summed E-state index contributed by atoms with van der Waals surface area (Å²) in [6, 6.07) is 88.7. The van der Waals surface area contributed by atoms with E-state index in [0.717, 1.165) is 72.3 Å². The van der Waals surface area contributed by atoms with E-state index in [1.54, 1.807) is 24.3 Å². The maximum Gasteiger partial charge on any atom is 0.266 e. The van der Waals surface area contributed by atoms with E-state index in [1.165, 1.54) is 9.80 Å². The molecule has 0 spiro atoms. The van der Waals surface area contributed by atoms with Gasteiger partial charge in [0.1, 0.15) is 46.0 Å². The number of rotatable bonds is 13. The monoisotopic (exact) mass is 1370 g/mol. The van der Waals surface area contributed by atoms with E-state index in [2.05, 4.69) is 72.7 Å². The zero-order valence-corrected chi connectivity index (χ0v) is 59.0. The van der Waals surface area contributed by atoms with Crippen molar-refractivity contribution in [3.63, 3.8) is 0 Å². The number of ether oxygens (including phenoxy) is 4. The van der Waals surface area contributed by atoms with Crippen LogP contribution >= 0.6 is 0 Å². The molecule has 5 bridgehead atoms. The number of hydrogen-bond donors (Lipinski definition) is 0. The van der Waals surface area contributed by atoms with Crippen LogP contribution in [0, 0.1) is 0 Å². The second kappa shape index (κ2) is 25.3. The van der Waals surface area contributed by atoms with Gasteiger partial charge >= 0.3 is 0 Å². The number of benzene rings is 15. The van der Waals surface area contributed by atoms with Gasteiger partial charge in [-0.05, 0) is 116 Å². The molecule has 0 aromatic heterocycles. The van der Waals surface area contributed by atoms with E-state index < -0.39 is 23.6 Å². The molecule has 1 atom stereocenters. The molecule has 0 aliphatic carbocycles. The molecule has 4 aliphatic heterocycles. The third-order valence-corrected chi connectivity index (χ3v) is 21.3. The van der Waals surface area contributed by atoms with Crippen LogP contribution in [0.25, 0.3) is 87.6 Å². The summed E-state index contributed by atoms with van der Waals surface area (Å²) in [6.07, 6.45) is 0. The first kappa shape index (κ1) is 64.2. The Kier molecular flexibility index (Phi) is 15.4. The summed E-state index contributed by atoms with van der Waals surface area (Å²) in [5.74, 6) is -0.259. The van der Waals surface area contributed by atoms with E-state index >= 15 is 19.2 Å². The van der Waals surface area contributed by atoms with Crippen LogP contribution in [-0.2, 0) is 0 Å². The van der Waals surface area contributed by atoms with Crippen molar-refractivity contribution in [2.24, 2.45) is 0 Å². The Balaban J connectivity index is 1.08. The van der Waals surface area contributed by atoms with Crippen molar-refractivity contribution in [2.45, 2.75) is 72.1 Å². The highest BCUT2D eigenvalue weighted by molar-refractivity contribution is 6.48. The normalized spacial score (nSPS) is 13.9. The van der Waals surface area contributed by atoms with Crippen LogP contribution < -0.4 is 28.7 Å². The van der Waals surface area contributed by atoms with Gasteiger partial charge in [0.25, 0.3) is 23.6 Å². The summed E-state index contributed by atoms with van der Waals surface area (Å²) < 4.78 is 31.0. The Bertz CT molecular complexity index is 5810. The van der Waals surface area contributed by atoms with Crippen molar-refractivity contribution in [2.75, 3.05) is 9.80 Å². The molecule has 0 radical (unpaired) electrons. The average molecular weight is 1370 g/mol. The van der Waals surface area contributed by atoms with Gasteiger partial charge < -0.3 is 18.9 Å². The molecule has 10 heteroatoms. The molecule has 0 saturated carbocycles. The summed E-state index contributed by atoms with van der Waals surface area (Å²) in [7, 11) is 0. The molecule has 4 heterocycles. The summed E-state index contributed by atoms with van der Waals surface area (Å²) in [6.45, 7) is 14.6. The molecule has 10 nitrogen and oxygen atoms in total. The van der Waals surface area contributed by atoms with Gasteiger partial charge in [0.2, 0.25) is 0 Å². The second-order valence-electron chi connectivity index (χ2n) is 28.4. The molecular weight excluding hydrogens is 1300 g/mol. The van der Waals surface area contributed by atoms with E-state index in [0.29, 0.717) is 77.5 Å². The maximum absolute atomic E-state index is 17.1. The van der Waals surface area contributed by atoms with Crippen LogP contribution in [0.3, 0.4) is 0 Å². The molecule has 0 N–H and O–H groups in total. The molecule has 15 aromatic carbocycles. The van der Waals surface area contributed by atoms with Crippen molar-refractivity contribution in [1.82, 2.24) is 0 Å². The molecule has 0 saturated heterocycles. The van der Waals surface area contributed by atoms with Crippen molar-refractivity contribution in [1.29, 1.82) is 0 Å². The standard InChI is InChI=1S/C95H70N2O8/c1-53(2)62-37-25-38-63(54(3)4)90(62)96-92(98)70-49-78(102-74-41-21-17-33-66(74)58-27-11-8-12-28-58)84-86-80(104-76-43-23-19-35-68(76)60-31-15-10-16-32-60)51-72-83-73-52-81(87(89(83)86)85-79(50-71(93(96)99)82(70)88(84)85)103-75-42-22-18-34-67(75)59-29-13-9-14-30-59)105-77-44-24-20-36-69(77)61-47-45-57(46-48-61)56(7)65-40-26-39-64(55(5)6)91(65)97(94(72)100)95(73)101/h8-56H,1-7H3. The SMILES string of the molecule is CC(C)c1cccc(C(C)C)c1N1C(=O)c2cc(Oc3ccccc3-c3ccccc3)c3c4c(Oc5ccccc5-c5ccccc5)cc5c6c7cc(c(c8c(Oc9ccccc9-c9ccccc9)cc(c2c38)C1=O)c64)Oc1ccccc1-c1ccc(cc1)C(C)c1cccc(C(C)C)c1N(C5=O)C7=O. The molecule has 4 aliphatic rings. The number of nitrogens with zero attached hydrogens (tertiary/aromatic N) is 2. The number of anilines is 2. The Labute approximate surface area is 608 Å². The zero-order valence-electron chi connectivity index (χ0n) is 59.0. The fourth-order valence-corrected chi connectivity index (χ4v) is 16.3. The number of hydrogen-bond acceptors (Lipinski definition) is 8. The van der Waals surface area contributed by atoms with Crippen LogP contribution in [0.5, 0.6) is 46.0 Å². The lowest BCUT2D eigenvalue weighted by Crippen LogP contribution is -2.42. The highest BCUT2D eigenvalue weighted by Gasteiger charge is 2.45. The lowest BCUT2D eigenvalue weighted by Gasteiger charge is -2.35. The predicted molar refractivity (Wildman–Crippen MR) is 420 cm³/mol. The number of carbonyl (C=O) groups excluding carboxylic acids is 4. The third kappa shape index (κ3) is 10.3. The zero-order chi connectivity index (χ0) is 71.6. The summed E-state index contributed by atoms with van der Waals surface area (Å²) in [5, 5.41) is 3.08. The van der Waals surface area contributed by atoms with Crippen molar-refractivity contribution in [3.05, 3.63) is 323 Å². The van der Waals surface area contributed by atoms with E-state index in [9.17, 15) is 0 Å². The second-order valence-corrected chi connectivity index (χ2v) is 28.4. The molecule has 19 rings (SSSR count). The van der Waals surface area contributed by atoms with Gasteiger partial charge in [0.15, 0.2) is 0 Å². The van der Waals surface area contributed by atoms with Crippen molar-refractivity contribution in [3.8, 4) is 90.5 Å². The lowest BCUT2D eigenvalue weighted by molar-refractivity contribution is 0.0877.